The minimum absolute atomic E-state index is 0.0838. The van der Waals surface area contributed by atoms with Gasteiger partial charge in [0.05, 0.1) is 7.11 Å². The first kappa shape index (κ1) is 22.1. The number of methoxy groups -OCH3 is 1. The van der Waals surface area contributed by atoms with Crippen molar-refractivity contribution in [1.29, 1.82) is 0 Å². The maximum atomic E-state index is 13.3. The van der Waals surface area contributed by atoms with E-state index in [4.69, 9.17) is 4.74 Å². The van der Waals surface area contributed by atoms with Crippen LogP contribution in [0.2, 0.25) is 0 Å². The van der Waals surface area contributed by atoms with Gasteiger partial charge in [-0.05, 0) is 28.8 Å². The molecule has 3 rings (SSSR count). The summed E-state index contributed by atoms with van der Waals surface area (Å²) in [5.74, 6) is 0.460. The van der Waals surface area contributed by atoms with Crippen LogP contribution in [0.3, 0.4) is 0 Å². The molecule has 1 atom stereocenters. The predicted octanol–water partition coefficient (Wildman–Crippen LogP) is 4.49. The van der Waals surface area contributed by atoms with Gasteiger partial charge >= 0.3 is 0 Å². The Bertz CT molecular complexity index is 973. The molecule has 0 spiro atoms. The van der Waals surface area contributed by atoms with Crippen molar-refractivity contribution < 1.29 is 14.3 Å². The highest BCUT2D eigenvalue weighted by atomic mass is 16.5. The van der Waals surface area contributed by atoms with Crippen LogP contribution in [-0.4, -0.2) is 23.8 Å². The van der Waals surface area contributed by atoms with Gasteiger partial charge in [-0.25, -0.2) is 0 Å². The first-order valence-electron chi connectivity index (χ1n) is 10.4. The lowest BCUT2D eigenvalue weighted by molar-refractivity contribution is -0.141. The molecule has 0 saturated carbocycles. The van der Waals surface area contributed by atoms with E-state index in [1.165, 1.54) is 0 Å². The average Bonchev–Trinajstić information content (AvgIpc) is 2.83. The summed E-state index contributed by atoms with van der Waals surface area (Å²) in [5, 5.41) is 3.01. The van der Waals surface area contributed by atoms with Crippen LogP contribution in [0.15, 0.2) is 84.9 Å². The van der Waals surface area contributed by atoms with Crippen molar-refractivity contribution in [2.75, 3.05) is 7.11 Å². The SMILES string of the molecule is CCC(=O)N(Cc1ccc(OC)cc1)[C@@H](C(=O)NCc1ccccc1)c1ccccc1. The van der Waals surface area contributed by atoms with Gasteiger partial charge in [-0.3, -0.25) is 9.59 Å². The van der Waals surface area contributed by atoms with Crippen LogP contribution < -0.4 is 10.1 Å². The Hall–Kier alpha value is -3.60. The molecule has 160 valence electrons. The fourth-order valence-corrected chi connectivity index (χ4v) is 3.44. The van der Waals surface area contributed by atoms with Gasteiger partial charge in [0.25, 0.3) is 0 Å². The van der Waals surface area contributed by atoms with Gasteiger partial charge in [0.2, 0.25) is 11.8 Å². The van der Waals surface area contributed by atoms with E-state index in [2.05, 4.69) is 5.32 Å². The van der Waals surface area contributed by atoms with E-state index in [1.54, 1.807) is 12.0 Å². The molecular weight excluding hydrogens is 388 g/mol. The lowest BCUT2D eigenvalue weighted by Crippen LogP contribution is -2.43. The Morgan fingerprint density at radius 1 is 0.871 bits per heavy atom. The number of benzene rings is 3. The van der Waals surface area contributed by atoms with Crippen molar-refractivity contribution >= 4 is 11.8 Å². The summed E-state index contributed by atoms with van der Waals surface area (Å²) in [6, 6.07) is 26.0. The Kier molecular flexibility index (Phi) is 7.82. The number of nitrogens with zero attached hydrogens (tertiary/aromatic N) is 1. The maximum absolute atomic E-state index is 13.3. The van der Waals surface area contributed by atoms with Gasteiger partial charge in [0.1, 0.15) is 11.8 Å². The van der Waals surface area contributed by atoms with Crippen molar-refractivity contribution in [3.8, 4) is 5.75 Å². The highest BCUT2D eigenvalue weighted by molar-refractivity contribution is 5.88. The molecule has 0 heterocycles. The van der Waals surface area contributed by atoms with E-state index in [0.717, 1.165) is 22.4 Å². The molecule has 0 unspecified atom stereocenters. The number of nitrogens with one attached hydrogen (secondary N) is 1. The minimum atomic E-state index is -0.723. The highest BCUT2D eigenvalue weighted by Gasteiger charge is 2.30. The fourth-order valence-electron chi connectivity index (χ4n) is 3.44. The largest absolute Gasteiger partial charge is 0.497 e. The van der Waals surface area contributed by atoms with E-state index in [1.807, 2.05) is 91.9 Å². The summed E-state index contributed by atoms with van der Waals surface area (Å²) < 4.78 is 5.23. The van der Waals surface area contributed by atoms with E-state index >= 15 is 0 Å². The zero-order valence-corrected chi connectivity index (χ0v) is 18.0. The third kappa shape index (κ3) is 5.95. The number of amides is 2. The Labute approximate surface area is 183 Å². The molecule has 0 aliphatic rings. The van der Waals surface area contributed by atoms with Crippen LogP contribution in [-0.2, 0) is 22.7 Å². The van der Waals surface area contributed by atoms with E-state index < -0.39 is 6.04 Å². The molecule has 5 nitrogen and oxygen atoms in total. The average molecular weight is 417 g/mol. The lowest BCUT2D eigenvalue weighted by Gasteiger charge is -2.31. The first-order chi connectivity index (χ1) is 15.1. The zero-order valence-electron chi connectivity index (χ0n) is 18.0. The Balaban J connectivity index is 1.89. The quantitative estimate of drug-likeness (QED) is 0.559. The van der Waals surface area contributed by atoms with Crippen molar-refractivity contribution in [2.45, 2.75) is 32.5 Å². The number of ether oxygens (including phenoxy) is 1. The molecule has 0 bridgehead atoms. The third-order valence-electron chi connectivity index (χ3n) is 5.12. The van der Waals surface area contributed by atoms with Gasteiger partial charge < -0.3 is 15.0 Å². The summed E-state index contributed by atoms with van der Waals surface area (Å²) in [6.07, 6.45) is 0.311. The molecular formula is C26H28N2O3. The molecule has 0 aliphatic heterocycles. The topological polar surface area (TPSA) is 58.6 Å². The number of carbonyl (C=O) groups is 2. The van der Waals surface area contributed by atoms with Crippen molar-refractivity contribution in [3.05, 3.63) is 102 Å². The number of hydrogen-bond donors (Lipinski definition) is 1. The van der Waals surface area contributed by atoms with Crippen LogP contribution >= 0.6 is 0 Å². The standard InChI is InChI=1S/C26H28N2O3/c1-3-24(29)28(19-21-14-16-23(31-2)17-15-21)25(22-12-8-5-9-13-22)26(30)27-18-20-10-6-4-7-11-20/h4-17,25H,3,18-19H2,1-2H3,(H,27,30)/t25-/m1/s1. The Morgan fingerprint density at radius 3 is 2.06 bits per heavy atom. The summed E-state index contributed by atoms with van der Waals surface area (Å²) >= 11 is 0. The summed E-state index contributed by atoms with van der Waals surface area (Å²) in [5.41, 5.74) is 2.72. The molecule has 1 N–H and O–H groups in total. The lowest BCUT2D eigenvalue weighted by atomic mass is 10.0. The fraction of sp³-hybridized carbons (Fsp3) is 0.231. The highest BCUT2D eigenvalue weighted by Crippen LogP contribution is 2.25. The molecule has 3 aromatic carbocycles. The van der Waals surface area contributed by atoms with Crippen LogP contribution in [0, 0.1) is 0 Å². The monoisotopic (exact) mass is 416 g/mol. The van der Waals surface area contributed by atoms with Gasteiger partial charge in [-0.15, -0.1) is 0 Å². The summed E-state index contributed by atoms with van der Waals surface area (Å²) in [7, 11) is 1.62. The van der Waals surface area contributed by atoms with Crippen LogP contribution in [0.1, 0.15) is 36.1 Å². The number of rotatable bonds is 9. The maximum Gasteiger partial charge on any atom is 0.247 e. The molecule has 3 aromatic rings. The molecule has 2 amide bonds. The molecule has 0 radical (unpaired) electrons. The molecule has 0 fully saturated rings. The van der Waals surface area contributed by atoms with E-state index in [0.29, 0.717) is 19.5 Å². The second-order valence-corrected chi connectivity index (χ2v) is 7.24. The second-order valence-electron chi connectivity index (χ2n) is 7.24. The molecule has 5 heteroatoms. The van der Waals surface area contributed by atoms with Crippen LogP contribution in [0.4, 0.5) is 0 Å². The van der Waals surface area contributed by atoms with Gasteiger partial charge in [-0.2, -0.15) is 0 Å². The second kappa shape index (κ2) is 11.0. The molecule has 0 aliphatic carbocycles. The van der Waals surface area contributed by atoms with E-state index in [-0.39, 0.29) is 11.8 Å². The van der Waals surface area contributed by atoms with Crippen LogP contribution in [0.5, 0.6) is 5.75 Å². The van der Waals surface area contributed by atoms with Gasteiger partial charge in [-0.1, -0.05) is 79.7 Å². The van der Waals surface area contributed by atoms with Crippen molar-refractivity contribution in [2.24, 2.45) is 0 Å². The number of carbonyl (C=O) groups excluding carboxylic acids is 2. The molecule has 0 aromatic heterocycles. The Morgan fingerprint density at radius 2 is 1.48 bits per heavy atom. The van der Waals surface area contributed by atoms with Gasteiger partial charge in [0.15, 0.2) is 0 Å². The van der Waals surface area contributed by atoms with E-state index in [9.17, 15) is 9.59 Å². The molecule has 31 heavy (non-hydrogen) atoms. The number of hydrogen-bond acceptors (Lipinski definition) is 3. The predicted molar refractivity (Wildman–Crippen MR) is 121 cm³/mol. The summed E-state index contributed by atoms with van der Waals surface area (Å²) in [4.78, 5) is 27.9. The normalized spacial score (nSPS) is 11.4. The molecule has 0 saturated heterocycles. The van der Waals surface area contributed by atoms with Gasteiger partial charge in [0, 0.05) is 19.5 Å². The minimum Gasteiger partial charge on any atom is -0.497 e. The van der Waals surface area contributed by atoms with Crippen LogP contribution in [0.25, 0.3) is 0 Å². The smallest absolute Gasteiger partial charge is 0.247 e. The first-order valence-corrected chi connectivity index (χ1v) is 10.4. The van der Waals surface area contributed by atoms with Crippen molar-refractivity contribution in [3.63, 3.8) is 0 Å². The third-order valence-corrected chi connectivity index (χ3v) is 5.12. The zero-order chi connectivity index (χ0) is 22.1. The summed E-state index contributed by atoms with van der Waals surface area (Å²) in [6.45, 7) is 2.54. The van der Waals surface area contributed by atoms with Crippen molar-refractivity contribution in [1.82, 2.24) is 10.2 Å².